The van der Waals surface area contributed by atoms with Gasteiger partial charge in [0.1, 0.15) is 17.6 Å². The fourth-order valence-corrected chi connectivity index (χ4v) is 4.85. The molecule has 1 N–H and O–H groups in total. The predicted molar refractivity (Wildman–Crippen MR) is 116 cm³/mol. The van der Waals surface area contributed by atoms with E-state index in [-0.39, 0.29) is 10.8 Å². The summed E-state index contributed by atoms with van der Waals surface area (Å²) >= 11 is 0. The lowest BCUT2D eigenvalue weighted by Gasteiger charge is -2.20. The molecule has 31 heavy (non-hydrogen) atoms. The highest BCUT2D eigenvalue weighted by Crippen LogP contribution is 2.27. The number of nitrogens with one attached hydrogen (secondary N) is 1. The maximum Gasteiger partial charge on any atom is 0.241 e. The van der Waals surface area contributed by atoms with Crippen LogP contribution in [0.2, 0.25) is 0 Å². The number of ether oxygens (including phenoxy) is 1. The van der Waals surface area contributed by atoms with Gasteiger partial charge in [0.15, 0.2) is 0 Å². The molecule has 0 radical (unpaired) electrons. The van der Waals surface area contributed by atoms with Crippen LogP contribution in [0.25, 0.3) is 0 Å². The third-order valence-corrected chi connectivity index (χ3v) is 6.81. The molecule has 1 saturated heterocycles. The highest BCUT2D eigenvalue weighted by atomic mass is 32.2. The molecule has 162 valence electrons. The minimum Gasteiger partial charge on any atom is -0.497 e. The lowest BCUT2D eigenvalue weighted by Crippen LogP contribution is -2.31. The molecule has 0 aliphatic carbocycles. The first-order valence-corrected chi connectivity index (χ1v) is 11.4. The molecule has 1 amide bonds. The number of aromatic nitrogens is 2. The third-order valence-electron chi connectivity index (χ3n) is 5.37. The maximum atomic E-state index is 13.2. The molecule has 2 aromatic carbocycles. The van der Waals surface area contributed by atoms with Crippen LogP contribution in [0.4, 0.5) is 5.69 Å². The smallest absolute Gasteiger partial charge is 0.241 e. The first kappa shape index (κ1) is 21.1. The number of rotatable bonds is 7. The molecule has 1 fully saturated rings. The van der Waals surface area contributed by atoms with Gasteiger partial charge in [-0.25, -0.2) is 13.4 Å². The van der Waals surface area contributed by atoms with Crippen molar-refractivity contribution in [2.45, 2.75) is 23.8 Å². The zero-order valence-electron chi connectivity index (χ0n) is 17.4. The van der Waals surface area contributed by atoms with Gasteiger partial charge in [0.2, 0.25) is 15.9 Å². The third kappa shape index (κ3) is 4.33. The predicted octanol–water partition coefficient (Wildman–Crippen LogP) is 2.62. The summed E-state index contributed by atoms with van der Waals surface area (Å²) in [7, 11) is -0.467. The van der Waals surface area contributed by atoms with E-state index in [1.807, 2.05) is 19.2 Å². The van der Waals surface area contributed by atoms with E-state index in [0.717, 1.165) is 12.0 Å². The molecule has 0 unspecified atom stereocenters. The number of hydrogen-bond donors (Lipinski definition) is 1. The van der Waals surface area contributed by atoms with Crippen LogP contribution in [0.5, 0.6) is 5.75 Å². The average molecular weight is 441 g/mol. The van der Waals surface area contributed by atoms with Crippen LogP contribution in [0.15, 0.2) is 65.8 Å². The zero-order chi connectivity index (χ0) is 22.0. The monoisotopic (exact) mass is 440 g/mol. The van der Waals surface area contributed by atoms with Crippen molar-refractivity contribution in [2.24, 2.45) is 7.05 Å². The second kappa shape index (κ2) is 8.52. The van der Waals surface area contributed by atoms with Crippen LogP contribution in [0.1, 0.15) is 30.3 Å². The number of anilines is 1. The van der Waals surface area contributed by atoms with Crippen LogP contribution in [-0.4, -0.2) is 37.5 Å². The summed E-state index contributed by atoms with van der Waals surface area (Å²) in [4.78, 5) is 18.1. The second-order valence-corrected chi connectivity index (χ2v) is 9.08. The van der Waals surface area contributed by atoms with Crippen LogP contribution >= 0.6 is 0 Å². The van der Waals surface area contributed by atoms with Crippen LogP contribution in [-0.2, 0) is 21.9 Å². The fraction of sp³-hybridized carbons (Fsp3) is 0.273. The summed E-state index contributed by atoms with van der Waals surface area (Å²) in [6.45, 7) is 0.655. The number of carbonyl (C=O) groups is 1. The van der Waals surface area contributed by atoms with E-state index >= 15 is 0 Å². The van der Waals surface area contributed by atoms with Crippen LogP contribution in [0, 0.1) is 0 Å². The topological polar surface area (TPSA) is 93.5 Å². The molecule has 4 rings (SSSR count). The molecule has 0 bridgehead atoms. The van der Waals surface area contributed by atoms with Gasteiger partial charge in [0, 0.05) is 38.1 Å². The van der Waals surface area contributed by atoms with Crippen molar-refractivity contribution in [3.63, 3.8) is 0 Å². The summed E-state index contributed by atoms with van der Waals surface area (Å²) in [6.07, 6.45) is 4.73. The molecular weight excluding hydrogens is 416 g/mol. The SMILES string of the molecule is COc1ccc([C@@H](NS(=O)(=O)c2ccc(N3CCCC3=O)cc2)c2nccn2C)cc1. The molecule has 8 nitrogen and oxygen atoms in total. The normalized spacial score (nSPS) is 15.3. The Kier molecular flexibility index (Phi) is 5.79. The van der Waals surface area contributed by atoms with Crippen molar-refractivity contribution in [2.75, 3.05) is 18.6 Å². The summed E-state index contributed by atoms with van der Waals surface area (Å²) in [5.41, 5.74) is 1.44. The van der Waals surface area contributed by atoms with E-state index in [0.29, 0.717) is 30.2 Å². The van der Waals surface area contributed by atoms with Gasteiger partial charge in [-0.2, -0.15) is 4.72 Å². The Morgan fingerprint density at radius 2 is 1.81 bits per heavy atom. The number of methoxy groups -OCH3 is 1. The van der Waals surface area contributed by atoms with Gasteiger partial charge in [0.25, 0.3) is 0 Å². The van der Waals surface area contributed by atoms with E-state index in [1.54, 1.807) is 53.2 Å². The van der Waals surface area contributed by atoms with E-state index in [4.69, 9.17) is 4.74 Å². The Morgan fingerprint density at radius 3 is 2.35 bits per heavy atom. The van der Waals surface area contributed by atoms with E-state index in [2.05, 4.69) is 9.71 Å². The molecule has 9 heteroatoms. The molecule has 0 saturated carbocycles. The highest BCUT2D eigenvalue weighted by molar-refractivity contribution is 7.89. The van der Waals surface area contributed by atoms with Crippen molar-refractivity contribution in [1.29, 1.82) is 0 Å². The first-order chi connectivity index (χ1) is 14.9. The summed E-state index contributed by atoms with van der Waals surface area (Å²) in [5.74, 6) is 1.30. The van der Waals surface area contributed by atoms with Gasteiger partial charge in [-0.1, -0.05) is 12.1 Å². The maximum absolute atomic E-state index is 13.2. The minimum absolute atomic E-state index is 0.0584. The molecular formula is C22H24N4O4S. The standard InChI is InChI=1S/C22H24N4O4S/c1-25-15-13-23-22(25)21(16-5-9-18(30-2)10-6-16)24-31(28,29)19-11-7-17(8-12-19)26-14-3-4-20(26)27/h5-13,15,21,24H,3-4,14H2,1-2H3/t21-/m1/s1. The zero-order valence-corrected chi connectivity index (χ0v) is 18.2. The largest absolute Gasteiger partial charge is 0.497 e. The van der Waals surface area contributed by atoms with Gasteiger partial charge in [-0.05, 0) is 48.4 Å². The number of imidazole rings is 1. The van der Waals surface area contributed by atoms with Crippen LogP contribution in [0.3, 0.4) is 0 Å². The van der Waals surface area contributed by atoms with E-state index in [1.165, 1.54) is 12.1 Å². The number of benzene rings is 2. The van der Waals surface area contributed by atoms with Gasteiger partial charge in [0.05, 0.1) is 12.0 Å². The summed E-state index contributed by atoms with van der Waals surface area (Å²) in [5, 5.41) is 0. The van der Waals surface area contributed by atoms with Crippen molar-refractivity contribution in [3.8, 4) is 5.75 Å². The molecule has 1 aliphatic heterocycles. The number of nitrogens with zero attached hydrogens (tertiary/aromatic N) is 3. The lowest BCUT2D eigenvalue weighted by atomic mass is 10.1. The van der Waals surface area contributed by atoms with E-state index < -0.39 is 16.1 Å². The Labute approximate surface area is 181 Å². The number of aryl methyl sites for hydroxylation is 1. The van der Waals surface area contributed by atoms with Crippen molar-refractivity contribution in [3.05, 3.63) is 72.3 Å². The first-order valence-electron chi connectivity index (χ1n) is 9.93. The van der Waals surface area contributed by atoms with Gasteiger partial charge in [-0.15, -0.1) is 0 Å². The Balaban J connectivity index is 1.63. The number of carbonyl (C=O) groups excluding carboxylic acids is 1. The Bertz CT molecular complexity index is 1170. The summed E-state index contributed by atoms with van der Waals surface area (Å²) in [6, 6.07) is 12.9. The molecule has 3 aromatic rings. The van der Waals surface area contributed by atoms with Crippen molar-refractivity contribution < 1.29 is 17.9 Å². The number of amides is 1. The fourth-order valence-electron chi connectivity index (χ4n) is 3.67. The van der Waals surface area contributed by atoms with Crippen molar-refractivity contribution in [1.82, 2.24) is 14.3 Å². The number of hydrogen-bond acceptors (Lipinski definition) is 5. The average Bonchev–Trinajstić information content (AvgIpc) is 3.40. The van der Waals surface area contributed by atoms with Gasteiger partial charge < -0.3 is 14.2 Å². The lowest BCUT2D eigenvalue weighted by molar-refractivity contribution is -0.117. The molecule has 1 aromatic heterocycles. The Hall–Kier alpha value is -3.17. The highest BCUT2D eigenvalue weighted by Gasteiger charge is 2.27. The van der Waals surface area contributed by atoms with Crippen LogP contribution < -0.4 is 14.4 Å². The second-order valence-electron chi connectivity index (χ2n) is 7.37. The Morgan fingerprint density at radius 1 is 1.10 bits per heavy atom. The minimum atomic E-state index is -3.86. The summed E-state index contributed by atoms with van der Waals surface area (Å²) < 4.78 is 36.1. The van der Waals surface area contributed by atoms with Crippen molar-refractivity contribution >= 4 is 21.6 Å². The molecule has 2 heterocycles. The van der Waals surface area contributed by atoms with Gasteiger partial charge in [-0.3, -0.25) is 4.79 Å². The molecule has 0 spiro atoms. The molecule has 1 aliphatic rings. The quantitative estimate of drug-likeness (QED) is 0.610. The number of sulfonamides is 1. The van der Waals surface area contributed by atoms with Gasteiger partial charge >= 0.3 is 0 Å². The van der Waals surface area contributed by atoms with E-state index in [9.17, 15) is 13.2 Å². The molecule has 1 atom stereocenters.